The van der Waals surface area contributed by atoms with E-state index in [1.54, 1.807) is 0 Å². The Hall–Kier alpha value is -2.74. The monoisotopic (exact) mass is 433 g/mol. The first kappa shape index (κ1) is 22.5. The molecule has 3 aromatic rings. The third-order valence-electron chi connectivity index (χ3n) is 5.94. The normalized spacial score (nSPS) is 15.5. The van der Waals surface area contributed by atoms with Gasteiger partial charge in [-0.1, -0.05) is 24.3 Å². The van der Waals surface area contributed by atoms with Crippen molar-refractivity contribution in [3.8, 4) is 0 Å². The molecule has 7 nitrogen and oxygen atoms in total. The molecule has 3 N–H and O–H groups in total. The first-order valence-electron chi connectivity index (χ1n) is 11.5. The second-order valence-electron chi connectivity index (χ2n) is 8.88. The van der Waals surface area contributed by atoms with Gasteiger partial charge in [0.1, 0.15) is 11.6 Å². The summed E-state index contributed by atoms with van der Waals surface area (Å²) < 4.78 is 0. The van der Waals surface area contributed by atoms with Gasteiger partial charge in [0, 0.05) is 50.3 Å². The molecule has 0 atom stereocenters. The van der Waals surface area contributed by atoms with E-state index in [1.807, 2.05) is 18.2 Å². The fourth-order valence-electron chi connectivity index (χ4n) is 4.12. The molecule has 0 aliphatic carbocycles. The van der Waals surface area contributed by atoms with E-state index in [0.717, 1.165) is 87.0 Å². The maximum Gasteiger partial charge on any atom is 0.145 e. The second kappa shape index (κ2) is 10.7. The molecule has 4 rings (SSSR count). The van der Waals surface area contributed by atoms with Gasteiger partial charge in [0.25, 0.3) is 0 Å². The first-order valence-corrected chi connectivity index (χ1v) is 11.5. The first-order chi connectivity index (χ1) is 15.6. The van der Waals surface area contributed by atoms with E-state index in [1.165, 1.54) is 5.56 Å². The number of para-hydroxylation sites is 1. The summed E-state index contributed by atoms with van der Waals surface area (Å²) >= 11 is 0. The summed E-state index contributed by atoms with van der Waals surface area (Å²) in [6, 6.07) is 16.5. The van der Waals surface area contributed by atoms with Crippen molar-refractivity contribution in [3.05, 3.63) is 59.9 Å². The number of nitrogen functional groups attached to an aromatic ring is 1. The van der Waals surface area contributed by atoms with Crippen LogP contribution in [0.3, 0.4) is 0 Å². The van der Waals surface area contributed by atoms with Gasteiger partial charge >= 0.3 is 0 Å². The molecule has 1 aliphatic heterocycles. The molecule has 7 heteroatoms. The number of nitrogens with two attached hydrogens (primary N) is 1. The van der Waals surface area contributed by atoms with E-state index in [2.05, 4.69) is 64.4 Å². The Morgan fingerprint density at radius 1 is 0.906 bits per heavy atom. The van der Waals surface area contributed by atoms with Crippen LogP contribution in [-0.4, -0.2) is 78.0 Å². The van der Waals surface area contributed by atoms with Crippen molar-refractivity contribution >= 4 is 22.4 Å². The van der Waals surface area contributed by atoms with Gasteiger partial charge in [0.2, 0.25) is 0 Å². The summed E-state index contributed by atoms with van der Waals surface area (Å²) in [7, 11) is 4.21. The highest BCUT2D eigenvalue weighted by molar-refractivity contribution is 5.88. The molecule has 1 aromatic heterocycles. The van der Waals surface area contributed by atoms with Crippen LogP contribution in [0.4, 0.5) is 11.5 Å². The number of aromatic nitrogens is 2. The predicted molar refractivity (Wildman–Crippen MR) is 133 cm³/mol. The molecular weight excluding hydrogens is 398 g/mol. The highest BCUT2D eigenvalue weighted by Gasteiger charge is 2.19. The summed E-state index contributed by atoms with van der Waals surface area (Å²) in [6.45, 7) is 7.87. The Labute approximate surface area is 191 Å². The van der Waals surface area contributed by atoms with Crippen LogP contribution in [0.1, 0.15) is 17.8 Å². The molecule has 170 valence electrons. The van der Waals surface area contributed by atoms with Gasteiger partial charge in [0.15, 0.2) is 0 Å². The number of piperazine rings is 1. The number of fused-ring (bicyclic) bond motifs is 1. The lowest BCUT2D eigenvalue weighted by Crippen LogP contribution is -2.45. The third kappa shape index (κ3) is 6.16. The minimum Gasteiger partial charge on any atom is -0.399 e. The Balaban J connectivity index is 1.36. The van der Waals surface area contributed by atoms with Crippen molar-refractivity contribution in [2.45, 2.75) is 19.5 Å². The Kier molecular flexibility index (Phi) is 7.52. The molecule has 0 amide bonds. The molecule has 0 spiro atoms. The van der Waals surface area contributed by atoms with Gasteiger partial charge in [-0.05, 0) is 56.9 Å². The van der Waals surface area contributed by atoms with Crippen molar-refractivity contribution in [1.82, 2.24) is 24.7 Å². The molecule has 0 unspecified atom stereocenters. The second-order valence-corrected chi connectivity index (χ2v) is 8.88. The van der Waals surface area contributed by atoms with Crippen LogP contribution in [-0.2, 0) is 13.1 Å². The molecule has 1 aliphatic rings. The molecule has 1 saturated heterocycles. The van der Waals surface area contributed by atoms with Gasteiger partial charge in [-0.25, -0.2) is 9.97 Å². The highest BCUT2D eigenvalue weighted by Crippen LogP contribution is 2.21. The standard InChI is InChI=1S/C25H35N7/c1-30(2)13-5-12-27-25-22-6-3-4-7-23(22)28-24(29-25)19-32-16-14-31(15-17-32)18-20-8-10-21(26)11-9-20/h3-4,6-11H,5,12-19,26H2,1-2H3,(H,27,28,29). The third-order valence-corrected chi connectivity index (χ3v) is 5.94. The lowest BCUT2D eigenvalue weighted by Gasteiger charge is -2.34. The van der Waals surface area contributed by atoms with E-state index >= 15 is 0 Å². The number of hydrogen-bond acceptors (Lipinski definition) is 7. The average molecular weight is 434 g/mol. The number of nitrogens with one attached hydrogen (secondary N) is 1. The average Bonchev–Trinajstić information content (AvgIpc) is 2.79. The van der Waals surface area contributed by atoms with Crippen molar-refractivity contribution in [1.29, 1.82) is 0 Å². The fourth-order valence-corrected chi connectivity index (χ4v) is 4.12. The van der Waals surface area contributed by atoms with Crippen molar-refractivity contribution < 1.29 is 0 Å². The molecule has 0 bridgehead atoms. The van der Waals surface area contributed by atoms with Crippen LogP contribution < -0.4 is 11.1 Å². The summed E-state index contributed by atoms with van der Waals surface area (Å²) in [5.74, 6) is 1.84. The van der Waals surface area contributed by atoms with Crippen LogP contribution in [0.2, 0.25) is 0 Å². The zero-order valence-electron chi connectivity index (χ0n) is 19.3. The van der Waals surface area contributed by atoms with E-state index in [9.17, 15) is 0 Å². The molecule has 2 heterocycles. The Bertz CT molecular complexity index is 995. The Morgan fingerprint density at radius 3 is 2.31 bits per heavy atom. The molecular formula is C25H35N7. The van der Waals surface area contributed by atoms with Crippen LogP contribution in [0.15, 0.2) is 48.5 Å². The van der Waals surface area contributed by atoms with E-state index in [-0.39, 0.29) is 0 Å². The summed E-state index contributed by atoms with van der Waals surface area (Å²) in [5.41, 5.74) is 8.95. The SMILES string of the molecule is CN(C)CCCNc1nc(CN2CCN(Cc3ccc(N)cc3)CC2)nc2ccccc12. The topological polar surface area (TPSA) is 73.5 Å². The van der Waals surface area contributed by atoms with Gasteiger partial charge < -0.3 is 16.0 Å². The van der Waals surface area contributed by atoms with Gasteiger partial charge in [0.05, 0.1) is 12.1 Å². The van der Waals surface area contributed by atoms with Crippen LogP contribution in [0.5, 0.6) is 0 Å². The molecule has 2 aromatic carbocycles. The zero-order valence-corrected chi connectivity index (χ0v) is 19.3. The van der Waals surface area contributed by atoms with Gasteiger partial charge in [-0.2, -0.15) is 0 Å². The minimum atomic E-state index is 0.785. The van der Waals surface area contributed by atoms with Crippen molar-refractivity contribution in [2.24, 2.45) is 0 Å². The Morgan fingerprint density at radius 2 is 1.59 bits per heavy atom. The minimum absolute atomic E-state index is 0.785. The molecule has 0 saturated carbocycles. The van der Waals surface area contributed by atoms with Gasteiger partial charge in [-0.3, -0.25) is 9.80 Å². The van der Waals surface area contributed by atoms with E-state index in [0.29, 0.717) is 0 Å². The van der Waals surface area contributed by atoms with Crippen LogP contribution >= 0.6 is 0 Å². The molecule has 1 fully saturated rings. The smallest absolute Gasteiger partial charge is 0.145 e. The zero-order chi connectivity index (χ0) is 22.3. The van der Waals surface area contributed by atoms with Gasteiger partial charge in [-0.15, -0.1) is 0 Å². The van der Waals surface area contributed by atoms with E-state index in [4.69, 9.17) is 15.7 Å². The number of hydrogen-bond donors (Lipinski definition) is 2. The lowest BCUT2D eigenvalue weighted by molar-refractivity contribution is 0.120. The maximum absolute atomic E-state index is 5.80. The highest BCUT2D eigenvalue weighted by atomic mass is 15.3. The predicted octanol–water partition coefficient (Wildman–Crippen LogP) is 2.89. The summed E-state index contributed by atoms with van der Waals surface area (Å²) in [4.78, 5) is 16.9. The molecule has 0 radical (unpaired) electrons. The van der Waals surface area contributed by atoms with Crippen LogP contribution in [0.25, 0.3) is 10.9 Å². The number of nitrogens with zero attached hydrogens (tertiary/aromatic N) is 5. The lowest BCUT2D eigenvalue weighted by atomic mass is 10.2. The number of anilines is 2. The van der Waals surface area contributed by atoms with Crippen LogP contribution in [0, 0.1) is 0 Å². The number of rotatable bonds is 9. The van der Waals surface area contributed by atoms with E-state index < -0.39 is 0 Å². The van der Waals surface area contributed by atoms with Crippen molar-refractivity contribution in [3.63, 3.8) is 0 Å². The quantitative estimate of drug-likeness (QED) is 0.397. The molecule has 32 heavy (non-hydrogen) atoms. The summed E-state index contributed by atoms with van der Waals surface area (Å²) in [6.07, 6.45) is 1.08. The maximum atomic E-state index is 5.80. The van der Waals surface area contributed by atoms with Crippen molar-refractivity contribution in [2.75, 3.05) is 64.4 Å². The largest absolute Gasteiger partial charge is 0.399 e. The fraction of sp³-hybridized carbons (Fsp3) is 0.440. The summed E-state index contributed by atoms with van der Waals surface area (Å²) in [5, 5.41) is 4.64. The number of benzene rings is 2.